The molecule has 29 heavy (non-hydrogen) atoms. The topological polar surface area (TPSA) is 118 Å². The fraction of sp³-hybridized carbons (Fsp3) is 0.526. The minimum atomic E-state index is -1.10. The van der Waals surface area contributed by atoms with E-state index in [1.807, 2.05) is 13.0 Å². The molecule has 0 aliphatic carbocycles. The average Bonchev–Trinajstić information content (AvgIpc) is 3.15. The Morgan fingerprint density at radius 2 is 1.97 bits per heavy atom. The highest BCUT2D eigenvalue weighted by Gasteiger charge is 2.60. The van der Waals surface area contributed by atoms with Crippen molar-refractivity contribution in [3.8, 4) is 0 Å². The summed E-state index contributed by atoms with van der Waals surface area (Å²) in [6.45, 7) is 5.71. The van der Waals surface area contributed by atoms with Crippen molar-refractivity contribution in [2.45, 2.75) is 37.8 Å². The molecule has 156 valence electrons. The number of carbonyl (C=O) groups is 3. The van der Waals surface area contributed by atoms with Crippen LogP contribution in [0.1, 0.15) is 28.4 Å². The van der Waals surface area contributed by atoms with Gasteiger partial charge in [-0.25, -0.2) is 9.59 Å². The Morgan fingerprint density at radius 1 is 1.28 bits per heavy atom. The molecular formula is C19H22N2O6S2. The van der Waals surface area contributed by atoms with Gasteiger partial charge in [0.2, 0.25) is 5.91 Å². The number of β-lactam (4-membered cyclic amide) rings is 1. The Bertz CT molecular complexity index is 904. The van der Waals surface area contributed by atoms with Gasteiger partial charge in [-0.2, -0.15) is 0 Å². The molecule has 4 rings (SSSR count). The van der Waals surface area contributed by atoms with E-state index in [0.717, 1.165) is 18.0 Å². The zero-order valence-corrected chi connectivity index (χ0v) is 17.6. The second-order valence-electron chi connectivity index (χ2n) is 7.78. The molecular weight excluding hydrogens is 416 g/mol. The van der Waals surface area contributed by atoms with Gasteiger partial charge in [0.1, 0.15) is 10.6 Å². The number of carboxylic acid groups (broad SMARTS) is 2. The minimum Gasteiger partial charge on any atom is -0.477 e. The molecule has 3 aliphatic rings. The third kappa shape index (κ3) is 3.37. The van der Waals surface area contributed by atoms with Crippen LogP contribution < -0.4 is 0 Å². The highest BCUT2D eigenvalue weighted by atomic mass is 32.2. The van der Waals surface area contributed by atoms with E-state index in [1.165, 1.54) is 28.0 Å². The summed E-state index contributed by atoms with van der Waals surface area (Å²) in [5, 5.41) is 28.8. The van der Waals surface area contributed by atoms with E-state index >= 15 is 0 Å². The van der Waals surface area contributed by atoms with Crippen LogP contribution in [0.25, 0.3) is 0 Å². The van der Waals surface area contributed by atoms with Crippen LogP contribution in [0.4, 0.5) is 0 Å². The third-order valence-electron chi connectivity index (χ3n) is 5.78. The number of thioether (sulfide) groups is 1. The van der Waals surface area contributed by atoms with Crippen molar-refractivity contribution in [2.24, 2.45) is 11.8 Å². The van der Waals surface area contributed by atoms with E-state index in [4.69, 9.17) is 5.11 Å². The number of carbonyl (C=O) groups excluding carboxylic acids is 1. The number of thiophene rings is 1. The Labute approximate surface area is 175 Å². The molecule has 0 radical (unpaired) electrons. The second kappa shape index (κ2) is 7.42. The van der Waals surface area contributed by atoms with E-state index in [0.29, 0.717) is 16.3 Å². The van der Waals surface area contributed by atoms with E-state index < -0.39 is 24.0 Å². The van der Waals surface area contributed by atoms with Crippen molar-refractivity contribution in [3.63, 3.8) is 0 Å². The Morgan fingerprint density at radius 3 is 2.52 bits per heavy atom. The van der Waals surface area contributed by atoms with Gasteiger partial charge < -0.3 is 20.2 Å². The highest BCUT2D eigenvalue weighted by molar-refractivity contribution is 8.03. The molecule has 3 aliphatic heterocycles. The fourth-order valence-electron chi connectivity index (χ4n) is 4.38. The van der Waals surface area contributed by atoms with E-state index in [2.05, 4.69) is 4.90 Å². The number of carboxylic acids is 2. The minimum absolute atomic E-state index is 0.0669. The molecule has 2 saturated heterocycles. The summed E-state index contributed by atoms with van der Waals surface area (Å²) < 4.78 is 0. The van der Waals surface area contributed by atoms with Gasteiger partial charge in [-0.05, 0) is 19.1 Å². The monoisotopic (exact) mass is 438 g/mol. The van der Waals surface area contributed by atoms with Gasteiger partial charge in [-0.1, -0.05) is 6.92 Å². The maximum absolute atomic E-state index is 12.4. The van der Waals surface area contributed by atoms with E-state index in [9.17, 15) is 24.6 Å². The first-order valence-corrected chi connectivity index (χ1v) is 11.1. The third-order valence-corrected chi connectivity index (χ3v) is 8.29. The number of nitrogens with zero attached hydrogens (tertiary/aromatic N) is 2. The quantitative estimate of drug-likeness (QED) is 0.549. The summed E-state index contributed by atoms with van der Waals surface area (Å²) in [7, 11) is 0. The number of aromatic carboxylic acids is 1. The summed E-state index contributed by atoms with van der Waals surface area (Å²) >= 11 is 2.78. The van der Waals surface area contributed by atoms with Crippen molar-refractivity contribution in [1.29, 1.82) is 0 Å². The maximum atomic E-state index is 12.4. The van der Waals surface area contributed by atoms with E-state index in [1.54, 1.807) is 13.0 Å². The summed E-state index contributed by atoms with van der Waals surface area (Å²) in [5.74, 6) is -3.00. The molecule has 0 saturated carbocycles. The molecule has 1 aromatic rings. The van der Waals surface area contributed by atoms with Crippen molar-refractivity contribution < 1.29 is 29.7 Å². The fourth-order valence-corrected chi connectivity index (χ4v) is 6.85. The number of aliphatic hydroxyl groups excluding tert-OH is 1. The zero-order chi connectivity index (χ0) is 21.0. The smallest absolute Gasteiger partial charge is 0.353 e. The van der Waals surface area contributed by atoms with Crippen molar-refractivity contribution in [3.05, 3.63) is 32.5 Å². The van der Waals surface area contributed by atoms with Gasteiger partial charge in [0.15, 0.2) is 0 Å². The number of aliphatic hydroxyl groups is 1. The lowest BCUT2D eigenvalue weighted by atomic mass is 9.79. The number of rotatable bonds is 7. The molecule has 0 spiro atoms. The first kappa shape index (κ1) is 20.4. The summed E-state index contributed by atoms with van der Waals surface area (Å²) in [6.07, 6.45) is -0.800. The molecule has 1 unspecified atom stereocenters. The number of amides is 1. The Balaban J connectivity index is 1.40. The average molecular weight is 439 g/mol. The van der Waals surface area contributed by atoms with Crippen molar-refractivity contribution in [1.82, 2.24) is 9.80 Å². The maximum Gasteiger partial charge on any atom is 0.353 e. The standard InChI is InChI=1S/C19H22N2O6S2/c1-8-14-13(9(2)22)17(23)21(14)15(19(26)27)16(8)29-11-6-20(7-11)5-10-3-4-12(28-10)18(24)25/h3-4,8-9,11,13-14,22H,5-7H2,1-2H3,(H,24,25)(H,26,27)/t8-,9-,13-,14?/m1/s1. The number of hydrogen-bond acceptors (Lipinski definition) is 7. The van der Waals surface area contributed by atoms with Crippen LogP contribution in [-0.2, 0) is 16.1 Å². The number of likely N-dealkylation sites (tertiary alicyclic amines) is 1. The lowest BCUT2D eigenvalue weighted by Crippen LogP contribution is -2.63. The predicted molar refractivity (Wildman–Crippen MR) is 108 cm³/mol. The highest BCUT2D eigenvalue weighted by Crippen LogP contribution is 2.52. The van der Waals surface area contributed by atoms with E-state index in [-0.39, 0.29) is 28.8 Å². The van der Waals surface area contributed by atoms with Gasteiger partial charge >= 0.3 is 11.9 Å². The molecule has 1 aromatic heterocycles. The number of fused-ring (bicyclic) bond motifs is 1. The summed E-state index contributed by atoms with van der Waals surface area (Å²) in [6, 6.07) is 3.15. The molecule has 2 fully saturated rings. The summed E-state index contributed by atoms with van der Waals surface area (Å²) in [5.41, 5.74) is 0.0669. The van der Waals surface area contributed by atoms with Crippen LogP contribution in [0.15, 0.2) is 22.7 Å². The van der Waals surface area contributed by atoms with Crippen molar-refractivity contribution >= 4 is 40.9 Å². The van der Waals surface area contributed by atoms with Crippen LogP contribution >= 0.6 is 23.1 Å². The second-order valence-corrected chi connectivity index (χ2v) is 10.3. The SMILES string of the molecule is C[C@H]1C(SC2CN(Cc3ccc(C(=O)O)s3)C2)=C(C(=O)O)N2C(=O)[C@H]([C@@H](C)O)C12. The lowest BCUT2D eigenvalue weighted by Gasteiger charge is -2.46. The van der Waals surface area contributed by atoms with Crippen molar-refractivity contribution in [2.75, 3.05) is 13.1 Å². The van der Waals surface area contributed by atoms with Crippen LogP contribution in [0, 0.1) is 11.8 Å². The zero-order valence-electron chi connectivity index (χ0n) is 15.9. The number of hydrogen-bond donors (Lipinski definition) is 3. The van der Waals surface area contributed by atoms with Crippen LogP contribution in [0.2, 0.25) is 0 Å². The molecule has 4 heterocycles. The number of aliphatic carboxylic acids is 1. The predicted octanol–water partition coefficient (Wildman–Crippen LogP) is 1.52. The Hall–Kier alpha value is -1.88. The first-order chi connectivity index (χ1) is 13.7. The van der Waals surface area contributed by atoms with Gasteiger partial charge in [0.25, 0.3) is 0 Å². The summed E-state index contributed by atoms with van der Waals surface area (Å²) in [4.78, 5) is 40.8. The first-order valence-electron chi connectivity index (χ1n) is 9.38. The molecule has 0 bridgehead atoms. The molecule has 8 nitrogen and oxygen atoms in total. The van der Waals surface area contributed by atoms with Crippen LogP contribution in [-0.4, -0.2) is 73.5 Å². The molecule has 0 aromatic carbocycles. The molecule has 3 N–H and O–H groups in total. The van der Waals surface area contributed by atoms with Gasteiger partial charge in [-0.3, -0.25) is 9.69 Å². The van der Waals surface area contributed by atoms with Gasteiger partial charge in [0.05, 0.1) is 18.1 Å². The molecule has 4 atom stereocenters. The van der Waals surface area contributed by atoms with Crippen LogP contribution in [0.3, 0.4) is 0 Å². The van der Waals surface area contributed by atoms with Gasteiger partial charge in [0, 0.05) is 40.6 Å². The molecule has 10 heteroatoms. The molecule has 1 amide bonds. The Kier molecular flexibility index (Phi) is 5.22. The van der Waals surface area contributed by atoms with Crippen LogP contribution in [0.5, 0.6) is 0 Å². The van der Waals surface area contributed by atoms with Gasteiger partial charge in [-0.15, -0.1) is 23.1 Å². The normalized spacial score (nSPS) is 28.2. The lowest BCUT2D eigenvalue weighted by molar-refractivity contribution is -0.163. The largest absolute Gasteiger partial charge is 0.477 e.